The van der Waals surface area contributed by atoms with Crippen LogP contribution in [0.3, 0.4) is 0 Å². The molecule has 0 fully saturated rings. The fourth-order valence-electron chi connectivity index (χ4n) is 2.40. The number of halogens is 2. The van der Waals surface area contributed by atoms with Crippen molar-refractivity contribution in [3.63, 3.8) is 0 Å². The highest BCUT2D eigenvalue weighted by atomic mass is 79.9. The molecule has 0 aromatic heterocycles. The van der Waals surface area contributed by atoms with E-state index in [4.69, 9.17) is 25.0 Å². The third-order valence-corrected chi connectivity index (χ3v) is 4.96. The van der Waals surface area contributed by atoms with Crippen molar-refractivity contribution < 1.29 is 4.79 Å². The molecule has 0 saturated heterocycles. The van der Waals surface area contributed by atoms with Gasteiger partial charge in [-0.05, 0) is 12.1 Å². The van der Waals surface area contributed by atoms with E-state index >= 15 is 0 Å². The minimum Gasteiger partial charge on any atom is -0.250 e. The zero-order valence-electron chi connectivity index (χ0n) is 14.6. The van der Waals surface area contributed by atoms with Gasteiger partial charge in [0.2, 0.25) is 11.4 Å². The van der Waals surface area contributed by atoms with Crippen LogP contribution in [0, 0.1) is 31.0 Å². The summed E-state index contributed by atoms with van der Waals surface area (Å²) in [6.45, 7) is 20.8. The Hall–Kier alpha value is -4.03. The summed E-state index contributed by atoms with van der Waals surface area (Å²) < 4.78 is 1.25. The average Bonchev–Trinajstić information content (AvgIpc) is 3.32. The molecule has 0 spiro atoms. The van der Waals surface area contributed by atoms with Crippen molar-refractivity contribution >= 4 is 49.3 Å². The van der Waals surface area contributed by atoms with Gasteiger partial charge in [-0.1, -0.05) is 44.0 Å². The number of carbonyl (C=O) groups is 1. The molecule has 30 heavy (non-hydrogen) atoms. The van der Waals surface area contributed by atoms with Crippen molar-refractivity contribution in [1.82, 2.24) is 0 Å². The third kappa shape index (κ3) is 3.76. The monoisotopic (exact) mass is 518 g/mol. The van der Waals surface area contributed by atoms with Crippen LogP contribution in [0.25, 0.3) is 14.5 Å². The highest BCUT2D eigenvalue weighted by Gasteiger charge is 2.14. The average molecular weight is 520 g/mol. The summed E-state index contributed by atoms with van der Waals surface area (Å²) >= 11 is 6.45. The van der Waals surface area contributed by atoms with Gasteiger partial charge in [-0.25, -0.2) is 39.6 Å². The van der Waals surface area contributed by atoms with Gasteiger partial charge >= 0.3 is 11.7 Å². The number of hydrogen-bond donors (Lipinski definition) is 0. The standard InChI is InChI=1S/C11H2BrN5.C8H2BrN3O/c1-14-8(5-13)11-16-7-4-3-6(12)9(15-2)10(7)17-11;1-10-6-4(9)2-3-5-7(6)12-8(13)11-5/h3-4H;2-3H/b11-8-;. The van der Waals surface area contributed by atoms with E-state index in [9.17, 15) is 4.79 Å². The van der Waals surface area contributed by atoms with Crippen molar-refractivity contribution in [1.29, 1.82) is 5.26 Å². The van der Waals surface area contributed by atoms with E-state index in [0.29, 0.717) is 41.7 Å². The molecule has 2 heterocycles. The number of nitrogens with zero attached hydrogens (tertiary/aromatic N) is 8. The first-order valence-corrected chi connectivity index (χ1v) is 9.34. The van der Waals surface area contributed by atoms with Crippen molar-refractivity contribution in [3.05, 3.63) is 100 Å². The molecule has 0 N–H and O–H groups in total. The molecule has 0 saturated carbocycles. The number of urea groups is 1. The Morgan fingerprint density at radius 2 is 1.40 bits per heavy atom. The van der Waals surface area contributed by atoms with E-state index < -0.39 is 6.03 Å². The Morgan fingerprint density at radius 1 is 0.867 bits per heavy atom. The minimum absolute atomic E-state index is 0.0699. The van der Waals surface area contributed by atoms with Gasteiger partial charge in [-0.3, -0.25) is 0 Å². The lowest BCUT2D eigenvalue weighted by Gasteiger charge is -1.91. The summed E-state index contributed by atoms with van der Waals surface area (Å²) in [7, 11) is 0. The summed E-state index contributed by atoms with van der Waals surface area (Å²) in [5, 5.41) is 10.5. The predicted molar refractivity (Wildman–Crippen MR) is 110 cm³/mol. The van der Waals surface area contributed by atoms with E-state index in [1.807, 2.05) is 0 Å². The van der Waals surface area contributed by atoms with E-state index in [-0.39, 0.29) is 11.5 Å². The van der Waals surface area contributed by atoms with Crippen molar-refractivity contribution in [2.75, 3.05) is 0 Å². The first kappa shape index (κ1) is 20.7. The van der Waals surface area contributed by atoms with Gasteiger partial charge in [0.05, 0.1) is 41.9 Å². The maximum atomic E-state index is 10.8. The highest BCUT2D eigenvalue weighted by Crippen LogP contribution is 2.21. The maximum absolute atomic E-state index is 10.8. The van der Waals surface area contributed by atoms with Crippen LogP contribution in [0.4, 0.5) is 16.2 Å². The molecule has 11 heteroatoms. The van der Waals surface area contributed by atoms with Gasteiger partial charge in [0.25, 0.3) is 0 Å². The van der Waals surface area contributed by atoms with Crippen LogP contribution in [0.1, 0.15) is 0 Å². The Bertz CT molecular complexity index is 1560. The number of allylic oxidation sites excluding steroid dienone is 1. The van der Waals surface area contributed by atoms with Crippen molar-refractivity contribution in [2.45, 2.75) is 0 Å². The number of fused-ring (bicyclic) bond motifs is 2. The smallest absolute Gasteiger partial charge is 0.250 e. The highest BCUT2D eigenvalue weighted by molar-refractivity contribution is 9.11. The predicted octanol–water partition coefficient (Wildman–Crippen LogP) is 3.24. The molecule has 140 valence electrons. The fraction of sp³-hybridized carbons (Fsp3) is 0. The van der Waals surface area contributed by atoms with Gasteiger partial charge in [0.1, 0.15) is 5.36 Å². The summed E-state index contributed by atoms with van der Waals surface area (Å²) in [5.74, 6) is 0.0699. The molecular formula is C19H4Br2N8O. The molecule has 0 radical (unpaired) electrons. The second kappa shape index (κ2) is 8.55. The number of rotatable bonds is 0. The van der Waals surface area contributed by atoms with E-state index in [1.165, 1.54) is 0 Å². The Morgan fingerprint density at radius 3 is 1.90 bits per heavy atom. The van der Waals surface area contributed by atoms with Gasteiger partial charge in [0, 0.05) is 8.95 Å². The molecule has 0 bridgehead atoms. The van der Waals surface area contributed by atoms with Gasteiger partial charge in [0.15, 0.2) is 5.82 Å². The molecule has 4 rings (SSSR count). The van der Waals surface area contributed by atoms with Crippen LogP contribution >= 0.6 is 31.9 Å². The van der Waals surface area contributed by atoms with Gasteiger partial charge < -0.3 is 0 Å². The first-order valence-electron chi connectivity index (χ1n) is 7.76. The Kier molecular flexibility index (Phi) is 5.90. The number of hydrogen-bond acceptors (Lipinski definition) is 4. The third-order valence-electron chi connectivity index (χ3n) is 3.68. The summed E-state index contributed by atoms with van der Waals surface area (Å²) in [4.78, 5) is 35.9. The summed E-state index contributed by atoms with van der Waals surface area (Å²) in [5.41, 5.74) is 0.504. The number of amides is 2. The molecule has 0 aliphatic carbocycles. The molecule has 2 amide bonds. The van der Waals surface area contributed by atoms with Gasteiger partial charge in [-0.2, -0.15) is 4.99 Å². The second-order valence-electron chi connectivity index (χ2n) is 5.38. The van der Waals surface area contributed by atoms with E-state index in [0.717, 1.165) is 0 Å². The first-order chi connectivity index (χ1) is 14.4. The number of benzene rings is 2. The Balaban J connectivity index is 0.000000177. The quantitative estimate of drug-likeness (QED) is 0.394. The number of carbonyl (C=O) groups excluding carboxylic acids is 1. The Labute approximate surface area is 185 Å². The van der Waals surface area contributed by atoms with E-state index in [1.54, 1.807) is 30.3 Å². The largest absolute Gasteiger partial charge is 0.366 e. The van der Waals surface area contributed by atoms with Crippen LogP contribution in [-0.4, -0.2) is 6.03 Å². The maximum Gasteiger partial charge on any atom is 0.366 e. The molecule has 2 aromatic rings. The van der Waals surface area contributed by atoms with Crippen LogP contribution < -0.4 is 21.4 Å². The molecule has 2 aliphatic rings. The fourth-order valence-corrected chi connectivity index (χ4v) is 3.22. The van der Waals surface area contributed by atoms with Gasteiger partial charge in [-0.15, -0.1) is 0 Å². The molecule has 2 aromatic carbocycles. The van der Waals surface area contributed by atoms with E-state index in [2.05, 4.69) is 66.4 Å². The lowest BCUT2D eigenvalue weighted by Crippen LogP contribution is -2.21. The molecule has 0 unspecified atom stereocenters. The van der Waals surface area contributed by atoms with Crippen LogP contribution in [0.15, 0.2) is 64.7 Å². The zero-order valence-corrected chi connectivity index (χ0v) is 17.7. The van der Waals surface area contributed by atoms with Crippen LogP contribution in [0.2, 0.25) is 0 Å². The lowest BCUT2D eigenvalue weighted by atomic mass is 10.3. The molecule has 9 nitrogen and oxygen atoms in total. The minimum atomic E-state index is -0.544. The normalized spacial score (nSPS) is 13.7. The zero-order chi connectivity index (χ0) is 21.8. The van der Waals surface area contributed by atoms with Crippen LogP contribution in [0.5, 0.6) is 0 Å². The van der Waals surface area contributed by atoms with Crippen molar-refractivity contribution in [2.24, 2.45) is 20.0 Å². The second-order valence-corrected chi connectivity index (χ2v) is 7.09. The lowest BCUT2D eigenvalue weighted by molar-refractivity contribution is 0.256. The van der Waals surface area contributed by atoms with Crippen molar-refractivity contribution in [3.8, 4) is 6.07 Å². The topological polar surface area (TPSA) is 103 Å². The SMILES string of the molecule is [C-]#[N+]/C(C#N)=C1/N=c2ccc(Br)c([N+]#[C-])c2=N1.[C-]#[N+]c1c(Br)ccc2c1=NC(=O)N=2. The summed E-state index contributed by atoms with van der Waals surface area (Å²) in [6, 6.07) is 7.90. The summed E-state index contributed by atoms with van der Waals surface area (Å²) in [6.07, 6.45) is 0. The number of nitriles is 1. The molecule has 0 atom stereocenters. The van der Waals surface area contributed by atoms with Crippen LogP contribution in [-0.2, 0) is 0 Å². The molecular weight excluding hydrogens is 516 g/mol. The molecule has 2 aliphatic heterocycles.